The topological polar surface area (TPSA) is 9.23 Å². The molecule has 0 unspecified atom stereocenters. The SMILES string of the molecule is CCC/C=C/C[C@H]1CC[C@H]([C@H]2CC[C@H](CCc3cc(F)c(OC(F)(F)F)c(F)c3)CC2)CC1. The second-order valence-corrected chi connectivity index (χ2v) is 10.0. The lowest BCUT2D eigenvalue weighted by Crippen LogP contribution is -2.26. The Labute approximate surface area is 194 Å². The second-order valence-electron chi connectivity index (χ2n) is 10.0. The van der Waals surface area contributed by atoms with Gasteiger partial charge in [-0.1, -0.05) is 38.3 Å². The van der Waals surface area contributed by atoms with Gasteiger partial charge in [0.25, 0.3) is 0 Å². The smallest absolute Gasteiger partial charge is 0.399 e. The van der Waals surface area contributed by atoms with Crippen molar-refractivity contribution in [2.45, 2.75) is 96.8 Å². The zero-order valence-corrected chi connectivity index (χ0v) is 19.6. The standard InChI is InChI=1S/C27H37F5O/c1-2-3-4-5-6-19-9-13-22(14-10-19)23-15-11-20(12-16-23)7-8-21-17-24(28)26(25(29)18-21)33-27(30,31)32/h4-5,17-20,22-23H,2-3,6-16H2,1H3/b5-4+/t19-,20-,22-,23-. The van der Waals surface area contributed by atoms with Crippen molar-refractivity contribution < 1.29 is 26.7 Å². The van der Waals surface area contributed by atoms with Crippen LogP contribution in [-0.2, 0) is 6.42 Å². The number of rotatable bonds is 9. The molecule has 0 radical (unpaired) electrons. The summed E-state index contributed by atoms with van der Waals surface area (Å²) in [6.07, 6.45) is 14.5. The fourth-order valence-corrected chi connectivity index (χ4v) is 5.76. The van der Waals surface area contributed by atoms with Crippen molar-refractivity contribution in [1.29, 1.82) is 0 Å². The first-order valence-electron chi connectivity index (χ1n) is 12.6. The molecule has 1 aromatic carbocycles. The number of halogens is 5. The maximum atomic E-state index is 13.9. The quantitative estimate of drug-likeness (QED) is 0.257. The molecule has 0 amide bonds. The highest BCUT2D eigenvalue weighted by Crippen LogP contribution is 2.43. The molecule has 0 spiro atoms. The van der Waals surface area contributed by atoms with E-state index in [4.69, 9.17) is 0 Å². The fraction of sp³-hybridized carbons (Fsp3) is 0.704. The van der Waals surface area contributed by atoms with Crippen LogP contribution in [-0.4, -0.2) is 6.36 Å². The van der Waals surface area contributed by atoms with Gasteiger partial charge < -0.3 is 4.74 Å². The van der Waals surface area contributed by atoms with Crippen LogP contribution in [0.15, 0.2) is 24.3 Å². The highest BCUT2D eigenvalue weighted by molar-refractivity contribution is 5.31. The molecule has 33 heavy (non-hydrogen) atoms. The first-order valence-corrected chi connectivity index (χ1v) is 12.6. The number of allylic oxidation sites excluding steroid dienone is 2. The third-order valence-electron chi connectivity index (χ3n) is 7.66. The van der Waals surface area contributed by atoms with Gasteiger partial charge in [0.1, 0.15) is 0 Å². The van der Waals surface area contributed by atoms with Crippen LogP contribution in [0, 0.1) is 35.3 Å². The van der Waals surface area contributed by atoms with Gasteiger partial charge in [0.05, 0.1) is 0 Å². The first kappa shape index (κ1) is 26.0. The Morgan fingerprint density at radius 2 is 1.39 bits per heavy atom. The summed E-state index contributed by atoms with van der Waals surface area (Å²) in [5, 5.41) is 0. The molecule has 0 aromatic heterocycles. The Morgan fingerprint density at radius 3 is 1.91 bits per heavy atom. The Balaban J connectivity index is 1.39. The van der Waals surface area contributed by atoms with Gasteiger partial charge in [-0.2, -0.15) is 0 Å². The van der Waals surface area contributed by atoms with E-state index in [1.54, 1.807) is 0 Å². The van der Waals surface area contributed by atoms with Gasteiger partial charge in [-0.15, -0.1) is 13.2 Å². The zero-order chi connectivity index (χ0) is 23.8. The van der Waals surface area contributed by atoms with E-state index in [2.05, 4.69) is 23.8 Å². The summed E-state index contributed by atoms with van der Waals surface area (Å²) in [6.45, 7) is 2.21. The Kier molecular flexibility index (Phi) is 9.63. The van der Waals surface area contributed by atoms with Gasteiger partial charge in [-0.3, -0.25) is 0 Å². The minimum absolute atomic E-state index is 0.382. The maximum Gasteiger partial charge on any atom is 0.573 e. The van der Waals surface area contributed by atoms with E-state index in [1.165, 1.54) is 57.8 Å². The number of aryl methyl sites for hydroxylation is 1. The lowest BCUT2D eigenvalue weighted by Gasteiger charge is -2.38. The normalized spacial score (nSPS) is 26.6. The molecule has 2 aliphatic rings. The highest BCUT2D eigenvalue weighted by atomic mass is 19.4. The average molecular weight is 473 g/mol. The van der Waals surface area contributed by atoms with Crippen molar-refractivity contribution in [3.8, 4) is 5.75 Å². The molecule has 0 N–H and O–H groups in total. The molecule has 1 nitrogen and oxygen atoms in total. The van der Waals surface area contributed by atoms with Crippen LogP contribution in [0.1, 0.15) is 89.5 Å². The summed E-state index contributed by atoms with van der Waals surface area (Å²) in [4.78, 5) is 0. The van der Waals surface area contributed by atoms with Gasteiger partial charge in [-0.25, -0.2) is 8.78 Å². The number of alkyl halides is 3. The predicted molar refractivity (Wildman–Crippen MR) is 121 cm³/mol. The van der Waals surface area contributed by atoms with E-state index in [0.717, 1.165) is 49.1 Å². The van der Waals surface area contributed by atoms with Crippen LogP contribution in [0.25, 0.3) is 0 Å². The minimum Gasteiger partial charge on any atom is -0.399 e. The van der Waals surface area contributed by atoms with Crippen LogP contribution in [0.4, 0.5) is 22.0 Å². The van der Waals surface area contributed by atoms with Crippen LogP contribution in [0.2, 0.25) is 0 Å². The van der Waals surface area contributed by atoms with Crippen LogP contribution < -0.4 is 4.74 Å². The summed E-state index contributed by atoms with van der Waals surface area (Å²) in [5.41, 5.74) is 0.382. The molecule has 2 fully saturated rings. The number of hydrogen-bond donors (Lipinski definition) is 0. The molecule has 2 aliphatic carbocycles. The van der Waals surface area contributed by atoms with Crippen LogP contribution in [0.3, 0.4) is 0 Å². The molecule has 0 bridgehead atoms. The Hall–Kier alpha value is -1.59. The molecule has 3 rings (SSSR count). The van der Waals surface area contributed by atoms with E-state index in [1.807, 2.05) is 0 Å². The van der Waals surface area contributed by atoms with E-state index >= 15 is 0 Å². The second kappa shape index (κ2) is 12.2. The molecule has 186 valence electrons. The third-order valence-corrected chi connectivity index (χ3v) is 7.66. The van der Waals surface area contributed by atoms with Gasteiger partial charge in [0.15, 0.2) is 11.6 Å². The van der Waals surface area contributed by atoms with Crippen molar-refractivity contribution in [3.63, 3.8) is 0 Å². The average Bonchev–Trinajstić information content (AvgIpc) is 2.78. The first-order chi connectivity index (χ1) is 15.7. The Morgan fingerprint density at radius 1 is 0.848 bits per heavy atom. The maximum absolute atomic E-state index is 13.9. The lowest BCUT2D eigenvalue weighted by molar-refractivity contribution is -0.276. The number of ether oxygens (including phenoxy) is 1. The number of hydrogen-bond acceptors (Lipinski definition) is 1. The Bertz CT molecular complexity index is 733. The largest absolute Gasteiger partial charge is 0.573 e. The lowest BCUT2D eigenvalue weighted by atomic mass is 9.68. The van der Waals surface area contributed by atoms with Crippen molar-refractivity contribution in [2.24, 2.45) is 23.7 Å². The van der Waals surface area contributed by atoms with E-state index in [-0.39, 0.29) is 0 Å². The van der Waals surface area contributed by atoms with Crippen molar-refractivity contribution in [2.75, 3.05) is 0 Å². The number of benzene rings is 1. The molecule has 1 aromatic rings. The van der Waals surface area contributed by atoms with Crippen molar-refractivity contribution in [3.05, 3.63) is 41.5 Å². The molecular formula is C27H37F5O. The fourth-order valence-electron chi connectivity index (χ4n) is 5.76. The van der Waals surface area contributed by atoms with E-state index < -0.39 is 23.7 Å². The van der Waals surface area contributed by atoms with E-state index in [0.29, 0.717) is 17.9 Å². The predicted octanol–water partition coefficient (Wildman–Crippen LogP) is 9.16. The van der Waals surface area contributed by atoms with Gasteiger partial charge >= 0.3 is 6.36 Å². The summed E-state index contributed by atoms with van der Waals surface area (Å²) in [7, 11) is 0. The monoisotopic (exact) mass is 472 g/mol. The minimum atomic E-state index is -5.12. The number of unbranched alkanes of at least 4 members (excludes halogenated alkanes) is 1. The van der Waals surface area contributed by atoms with Gasteiger partial charge in [-0.05, 0) is 106 Å². The van der Waals surface area contributed by atoms with Crippen molar-refractivity contribution in [1.82, 2.24) is 0 Å². The zero-order valence-electron chi connectivity index (χ0n) is 19.6. The van der Waals surface area contributed by atoms with Gasteiger partial charge in [0, 0.05) is 0 Å². The van der Waals surface area contributed by atoms with Gasteiger partial charge in [0.2, 0.25) is 5.75 Å². The third kappa shape index (κ3) is 8.29. The molecule has 0 aliphatic heterocycles. The van der Waals surface area contributed by atoms with Crippen molar-refractivity contribution >= 4 is 0 Å². The van der Waals surface area contributed by atoms with E-state index in [9.17, 15) is 22.0 Å². The van der Waals surface area contributed by atoms with Crippen LogP contribution in [0.5, 0.6) is 5.75 Å². The van der Waals surface area contributed by atoms with Crippen LogP contribution >= 0.6 is 0 Å². The highest BCUT2D eigenvalue weighted by Gasteiger charge is 2.34. The molecule has 0 saturated heterocycles. The molecule has 2 saturated carbocycles. The summed E-state index contributed by atoms with van der Waals surface area (Å²) >= 11 is 0. The molecule has 0 atom stereocenters. The molecule has 6 heteroatoms. The molecular weight excluding hydrogens is 435 g/mol. The summed E-state index contributed by atoms with van der Waals surface area (Å²) in [5.74, 6) is -0.987. The summed E-state index contributed by atoms with van der Waals surface area (Å²) < 4.78 is 68.2. The molecule has 0 heterocycles. The summed E-state index contributed by atoms with van der Waals surface area (Å²) in [6, 6.07) is 1.93.